The fraction of sp³-hybridized carbons (Fsp3) is 0.519. The van der Waals surface area contributed by atoms with Crippen LogP contribution in [0.15, 0.2) is 24.3 Å². The van der Waals surface area contributed by atoms with E-state index in [0.717, 1.165) is 37.8 Å². The molecule has 190 valence electrons. The van der Waals surface area contributed by atoms with E-state index in [9.17, 15) is 23.1 Å². The molecule has 0 radical (unpaired) electrons. The van der Waals surface area contributed by atoms with Gasteiger partial charge in [0.25, 0.3) is 0 Å². The Balaban J connectivity index is 1.37. The van der Waals surface area contributed by atoms with Gasteiger partial charge in [0, 0.05) is 6.61 Å². The van der Waals surface area contributed by atoms with Crippen molar-refractivity contribution in [2.75, 3.05) is 13.7 Å². The van der Waals surface area contributed by atoms with E-state index in [1.54, 1.807) is 12.1 Å². The Bertz CT molecular complexity index is 1060. The van der Waals surface area contributed by atoms with Crippen LogP contribution in [0.4, 0.5) is 17.6 Å². The molecule has 0 aliphatic heterocycles. The number of ether oxygens (including phenoxy) is 2. The normalized spacial score (nSPS) is 24.7. The van der Waals surface area contributed by atoms with Crippen molar-refractivity contribution in [3.05, 3.63) is 64.2 Å². The molecule has 2 aromatic carbocycles. The highest BCUT2D eigenvalue weighted by atomic mass is 19.2. The van der Waals surface area contributed by atoms with Crippen LogP contribution in [0.3, 0.4) is 0 Å². The van der Waals surface area contributed by atoms with Gasteiger partial charge in [-0.2, -0.15) is 4.39 Å². The number of aliphatic hydroxyl groups excluding tert-OH is 1. The Morgan fingerprint density at radius 2 is 1.34 bits per heavy atom. The van der Waals surface area contributed by atoms with Gasteiger partial charge in [-0.15, -0.1) is 0 Å². The maximum atomic E-state index is 15.0. The van der Waals surface area contributed by atoms with Gasteiger partial charge < -0.3 is 14.6 Å². The Morgan fingerprint density at radius 1 is 0.800 bits per heavy atom. The van der Waals surface area contributed by atoms with E-state index in [4.69, 9.17) is 9.47 Å². The molecule has 1 N–H and O–H groups in total. The van der Waals surface area contributed by atoms with Crippen LogP contribution >= 0.6 is 0 Å². The number of rotatable bonds is 6. The van der Waals surface area contributed by atoms with E-state index >= 15 is 4.39 Å². The molecule has 8 heteroatoms. The van der Waals surface area contributed by atoms with Gasteiger partial charge in [0.2, 0.25) is 5.82 Å². The summed E-state index contributed by atoms with van der Waals surface area (Å²) in [6.45, 7) is 0.131. The number of benzene rings is 2. The maximum absolute atomic E-state index is 15.0. The Hall–Kier alpha value is -2.61. The standard InChI is InChI=1S/C27H30F4O4/c1-34-22-13-12-21(25(30)26(22)31)27(33)35-18-8-6-17(7-9-18)20-11-10-19(23(28)24(20)29)16-4-2-15(14-32)3-5-16/h10-13,15-18,32H,2-9,14H2,1H3. The Kier molecular flexibility index (Phi) is 7.99. The molecule has 35 heavy (non-hydrogen) atoms. The summed E-state index contributed by atoms with van der Waals surface area (Å²) in [6, 6.07) is 5.62. The first-order valence-electron chi connectivity index (χ1n) is 12.2. The number of methoxy groups -OCH3 is 1. The van der Waals surface area contributed by atoms with Crippen molar-refractivity contribution in [1.82, 2.24) is 0 Å². The van der Waals surface area contributed by atoms with Gasteiger partial charge in [-0.25, -0.2) is 18.0 Å². The smallest absolute Gasteiger partial charge is 0.341 e. The second-order valence-electron chi connectivity index (χ2n) is 9.59. The van der Waals surface area contributed by atoms with Crippen LogP contribution in [-0.2, 0) is 4.74 Å². The molecule has 0 amide bonds. The number of esters is 1. The maximum Gasteiger partial charge on any atom is 0.341 e. The zero-order chi connectivity index (χ0) is 25.1. The van der Waals surface area contributed by atoms with Crippen LogP contribution in [0.1, 0.15) is 84.7 Å². The molecule has 2 aliphatic rings. The fourth-order valence-corrected chi connectivity index (χ4v) is 5.42. The fourth-order valence-electron chi connectivity index (χ4n) is 5.42. The zero-order valence-corrected chi connectivity index (χ0v) is 19.7. The molecule has 4 nitrogen and oxygen atoms in total. The number of carbonyl (C=O) groups excluding carboxylic acids is 1. The molecule has 2 aromatic rings. The van der Waals surface area contributed by atoms with Crippen molar-refractivity contribution in [2.24, 2.45) is 5.92 Å². The second-order valence-corrected chi connectivity index (χ2v) is 9.59. The lowest BCUT2D eigenvalue weighted by Crippen LogP contribution is -2.25. The molecule has 0 unspecified atom stereocenters. The van der Waals surface area contributed by atoms with E-state index < -0.39 is 40.9 Å². The molecule has 0 aromatic heterocycles. The van der Waals surface area contributed by atoms with Crippen molar-refractivity contribution in [1.29, 1.82) is 0 Å². The summed E-state index contributed by atoms with van der Waals surface area (Å²) in [6.07, 6.45) is 4.34. The quantitative estimate of drug-likeness (QED) is 0.373. The third-order valence-corrected chi connectivity index (χ3v) is 7.56. The van der Waals surface area contributed by atoms with Crippen LogP contribution in [0.2, 0.25) is 0 Å². The number of carbonyl (C=O) groups is 1. The van der Waals surface area contributed by atoms with Gasteiger partial charge in [0.15, 0.2) is 23.2 Å². The van der Waals surface area contributed by atoms with Gasteiger partial charge in [0.1, 0.15) is 6.10 Å². The first-order valence-corrected chi connectivity index (χ1v) is 12.2. The molecule has 0 saturated heterocycles. The summed E-state index contributed by atoms with van der Waals surface area (Å²) >= 11 is 0. The number of halogens is 4. The van der Waals surface area contributed by atoms with E-state index in [1.165, 1.54) is 7.11 Å². The van der Waals surface area contributed by atoms with Gasteiger partial charge in [-0.3, -0.25) is 0 Å². The number of hydrogen-bond acceptors (Lipinski definition) is 4. The highest BCUT2D eigenvalue weighted by molar-refractivity contribution is 5.90. The summed E-state index contributed by atoms with van der Waals surface area (Å²) in [4.78, 5) is 12.4. The Labute approximate surface area is 202 Å². The molecule has 0 atom stereocenters. The summed E-state index contributed by atoms with van der Waals surface area (Å²) in [5.74, 6) is -5.49. The lowest BCUT2D eigenvalue weighted by Gasteiger charge is -2.30. The number of aliphatic hydroxyl groups is 1. The molecule has 2 saturated carbocycles. The average molecular weight is 495 g/mol. The van der Waals surface area contributed by atoms with Gasteiger partial charge in [-0.1, -0.05) is 12.1 Å². The predicted molar refractivity (Wildman–Crippen MR) is 121 cm³/mol. The van der Waals surface area contributed by atoms with Crippen molar-refractivity contribution in [2.45, 2.75) is 69.3 Å². The molecule has 0 bridgehead atoms. The van der Waals surface area contributed by atoms with Gasteiger partial charge in [0.05, 0.1) is 12.7 Å². The molecule has 2 aliphatic carbocycles. The Morgan fingerprint density at radius 3 is 1.86 bits per heavy atom. The third-order valence-electron chi connectivity index (χ3n) is 7.56. The van der Waals surface area contributed by atoms with Crippen molar-refractivity contribution >= 4 is 5.97 Å². The minimum Gasteiger partial charge on any atom is -0.494 e. The summed E-state index contributed by atoms with van der Waals surface area (Å²) in [5, 5.41) is 9.30. The molecule has 0 spiro atoms. The molecule has 0 heterocycles. The monoisotopic (exact) mass is 494 g/mol. The highest BCUT2D eigenvalue weighted by Gasteiger charge is 2.31. The van der Waals surface area contributed by atoms with Crippen LogP contribution in [0.5, 0.6) is 5.75 Å². The molecule has 4 rings (SSSR count). The van der Waals surface area contributed by atoms with Crippen LogP contribution in [-0.4, -0.2) is 30.9 Å². The minimum absolute atomic E-state index is 0.0420. The van der Waals surface area contributed by atoms with E-state index in [-0.39, 0.29) is 30.1 Å². The predicted octanol–water partition coefficient (Wildman–Crippen LogP) is 6.40. The van der Waals surface area contributed by atoms with Crippen LogP contribution < -0.4 is 4.74 Å². The largest absolute Gasteiger partial charge is 0.494 e. The van der Waals surface area contributed by atoms with Crippen molar-refractivity contribution < 1.29 is 36.9 Å². The first kappa shape index (κ1) is 25.5. The SMILES string of the molecule is COc1ccc(C(=O)OC2CCC(c3ccc(C4CCC(CO)CC4)c(F)c3F)CC2)c(F)c1F. The third kappa shape index (κ3) is 5.32. The average Bonchev–Trinajstić information content (AvgIpc) is 2.88. The lowest BCUT2D eigenvalue weighted by atomic mass is 9.77. The zero-order valence-electron chi connectivity index (χ0n) is 19.7. The van der Waals surface area contributed by atoms with Gasteiger partial charge >= 0.3 is 5.97 Å². The van der Waals surface area contributed by atoms with E-state index in [0.29, 0.717) is 36.8 Å². The molecular weight excluding hydrogens is 464 g/mol. The summed E-state index contributed by atoms with van der Waals surface area (Å²) in [7, 11) is 1.19. The van der Waals surface area contributed by atoms with Gasteiger partial charge in [-0.05, 0) is 92.4 Å². The van der Waals surface area contributed by atoms with E-state index in [2.05, 4.69) is 0 Å². The minimum atomic E-state index is -1.33. The highest BCUT2D eigenvalue weighted by Crippen LogP contribution is 2.41. The first-order chi connectivity index (χ1) is 16.8. The molecule has 2 fully saturated rings. The van der Waals surface area contributed by atoms with Crippen LogP contribution in [0.25, 0.3) is 0 Å². The molecular formula is C27H30F4O4. The summed E-state index contributed by atoms with van der Waals surface area (Å²) < 4.78 is 68.2. The van der Waals surface area contributed by atoms with Crippen LogP contribution in [0, 0.1) is 29.2 Å². The topological polar surface area (TPSA) is 55.8 Å². The van der Waals surface area contributed by atoms with Crippen molar-refractivity contribution in [3.8, 4) is 5.75 Å². The second kappa shape index (κ2) is 11.0. The van der Waals surface area contributed by atoms with E-state index in [1.807, 2.05) is 0 Å². The van der Waals surface area contributed by atoms with Crippen molar-refractivity contribution in [3.63, 3.8) is 0 Å². The number of hydrogen-bond donors (Lipinski definition) is 1. The lowest BCUT2D eigenvalue weighted by molar-refractivity contribution is 0.0188. The summed E-state index contributed by atoms with van der Waals surface area (Å²) in [5.41, 5.74) is 0.212.